The van der Waals surface area contributed by atoms with Gasteiger partial charge in [0.05, 0.1) is 5.75 Å². The number of likely N-dealkylation sites (N-methyl/N-ethyl adjacent to an activating group) is 1. The minimum absolute atomic E-state index is 0.0112. The molecule has 1 fully saturated rings. The van der Waals surface area contributed by atoms with Gasteiger partial charge >= 0.3 is 0 Å². The van der Waals surface area contributed by atoms with Crippen molar-refractivity contribution in [1.82, 2.24) is 9.62 Å². The fourth-order valence-corrected chi connectivity index (χ4v) is 3.74. The summed E-state index contributed by atoms with van der Waals surface area (Å²) in [6.45, 7) is 1.97. The Morgan fingerprint density at radius 3 is 2.80 bits per heavy atom. The Morgan fingerprint density at radius 2 is 2.15 bits per heavy atom. The average molecular weight is 297 g/mol. The molecule has 0 radical (unpaired) electrons. The number of sulfonamides is 1. The van der Waals surface area contributed by atoms with Gasteiger partial charge in [0.25, 0.3) is 0 Å². The summed E-state index contributed by atoms with van der Waals surface area (Å²) < 4.78 is 26.9. The summed E-state index contributed by atoms with van der Waals surface area (Å²) in [6.07, 6.45) is 2.20. The van der Waals surface area contributed by atoms with Gasteiger partial charge in [-0.15, -0.1) is 0 Å². The van der Waals surface area contributed by atoms with Crippen LogP contribution >= 0.6 is 0 Å². The number of nitrogens with zero attached hydrogens (tertiary/aromatic N) is 1. The van der Waals surface area contributed by atoms with Crippen molar-refractivity contribution < 1.29 is 8.42 Å². The Kier molecular flexibility index (Phi) is 5.15. The van der Waals surface area contributed by atoms with E-state index in [1.807, 2.05) is 31.3 Å². The lowest BCUT2D eigenvalue weighted by Gasteiger charge is -2.19. The van der Waals surface area contributed by atoms with Crippen LogP contribution in [0.15, 0.2) is 24.3 Å². The van der Waals surface area contributed by atoms with Crippen LogP contribution in [0.1, 0.15) is 24.0 Å². The number of likely N-dealkylation sites (tertiary alicyclic amines) is 1. The van der Waals surface area contributed by atoms with Crippen LogP contribution in [0.25, 0.3) is 0 Å². The van der Waals surface area contributed by atoms with Crippen molar-refractivity contribution in [3.8, 4) is 0 Å². The van der Waals surface area contributed by atoms with Crippen molar-refractivity contribution in [1.29, 1.82) is 0 Å². The van der Waals surface area contributed by atoms with E-state index in [0.717, 1.165) is 30.5 Å². The van der Waals surface area contributed by atoms with E-state index in [-0.39, 0.29) is 5.75 Å². The predicted octanol–water partition coefficient (Wildman–Crippen LogP) is 0.659. The normalized spacial score (nSPS) is 20.4. The minimum Gasteiger partial charge on any atom is -0.326 e. The molecule has 6 heteroatoms. The molecule has 20 heavy (non-hydrogen) atoms. The molecule has 1 unspecified atom stereocenters. The Hall–Kier alpha value is -0.950. The van der Waals surface area contributed by atoms with E-state index in [1.165, 1.54) is 0 Å². The molecule has 0 bridgehead atoms. The van der Waals surface area contributed by atoms with E-state index in [1.54, 1.807) is 0 Å². The first-order valence-electron chi connectivity index (χ1n) is 6.95. The topological polar surface area (TPSA) is 75.4 Å². The smallest absolute Gasteiger partial charge is 0.215 e. The van der Waals surface area contributed by atoms with Crippen molar-refractivity contribution in [2.75, 3.05) is 20.1 Å². The summed E-state index contributed by atoms with van der Waals surface area (Å²) in [5.41, 5.74) is 7.30. The van der Waals surface area contributed by atoms with Crippen molar-refractivity contribution in [2.24, 2.45) is 5.73 Å². The highest BCUT2D eigenvalue weighted by atomic mass is 32.2. The molecule has 1 aliphatic rings. The van der Waals surface area contributed by atoms with Gasteiger partial charge in [0.1, 0.15) is 0 Å². The van der Waals surface area contributed by atoms with Crippen LogP contribution in [0, 0.1) is 0 Å². The maximum absolute atomic E-state index is 12.1. The highest BCUT2D eigenvalue weighted by Crippen LogP contribution is 2.14. The third-order valence-electron chi connectivity index (χ3n) is 3.79. The van der Waals surface area contributed by atoms with E-state index < -0.39 is 10.0 Å². The van der Waals surface area contributed by atoms with Crippen LogP contribution in [-0.2, 0) is 22.3 Å². The second-order valence-electron chi connectivity index (χ2n) is 5.41. The fraction of sp³-hybridized carbons (Fsp3) is 0.571. The van der Waals surface area contributed by atoms with Crippen molar-refractivity contribution in [2.45, 2.75) is 31.2 Å². The van der Waals surface area contributed by atoms with E-state index in [4.69, 9.17) is 5.73 Å². The summed E-state index contributed by atoms with van der Waals surface area (Å²) >= 11 is 0. The van der Waals surface area contributed by atoms with Gasteiger partial charge in [-0.05, 0) is 37.6 Å². The lowest BCUT2D eigenvalue weighted by atomic mass is 10.1. The van der Waals surface area contributed by atoms with Crippen LogP contribution < -0.4 is 10.5 Å². The molecule has 0 aliphatic carbocycles. The van der Waals surface area contributed by atoms with Crippen LogP contribution in [0.5, 0.6) is 0 Å². The number of hydrogen-bond donors (Lipinski definition) is 2. The second kappa shape index (κ2) is 6.67. The SMILES string of the molecule is CN1CCCC1CNS(=O)(=O)Cc1cccc(CN)c1. The molecule has 1 aromatic rings. The zero-order chi connectivity index (χ0) is 14.6. The molecule has 2 rings (SSSR count). The number of rotatable bonds is 6. The molecule has 0 saturated carbocycles. The van der Waals surface area contributed by atoms with Crippen molar-refractivity contribution in [3.05, 3.63) is 35.4 Å². The lowest BCUT2D eigenvalue weighted by molar-refractivity contribution is 0.311. The molecule has 1 heterocycles. The number of benzene rings is 1. The maximum atomic E-state index is 12.1. The second-order valence-corrected chi connectivity index (χ2v) is 7.22. The molecule has 0 amide bonds. The van der Waals surface area contributed by atoms with E-state index >= 15 is 0 Å². The van der Waals surface area contributed by atoms with E-state index in [0.29, 0.717) is 19.1 Å². The van der Waals surface area contributed by atoms with Crippen molar-refractivity contribution in [3.63, 3.8) is 0 Å². The Bertz CT molecular complexity index is 545. The number of hydrogen-bond acceptors (Lipinski definition) is 4. The van der Waals surface area contributed by atoms with Crippen LogP contribution in [0.2, 0.25) is 0 Å². The third kappa shape index (κ3) is 4.28. The van der Waals surface area contributed by atoms with Crippen molar-refractivity contribution >= 4 is 10.0 Å². The van der Waals surface area contributed by atoms with Gasteiger partial charge < -0.3 is 10.6 Å². The zero-order valence-corrected chi connectivity index (χ0v) is 12.7. The van der Waals surface area contributed by atoms with Crippen LogP contribution in [0.4, 0.5) is 0 Å². The third-order valence-corrected chi connectivity index (χ3v) is 5.11. The Morgan fingerprint density at radius 1 is 1.40 bits per heavy atom. The largest absolute Gasteiger partial charge is 0.326 e. The summed E-state index contributed by atoms with van der Waals surface area (Å²) in [6, 6.07) is 7.73. The Labute approximate surface area is 121 Å². The fourth-order valence-electron chi connectivity index (χ4n) is 2.58. The first kappa shape index (κ1) is 15.4. The highest BCUT2D eigenvalue weighted by Gasteiger charge is 2.22. The quantitative estimate of drug-likeness (QED) is 0.809. The van der Waals surface area contributed by atoms with Gasteiger partial charge in [-0.2, -0.15) is 0 Å². The van der Waals surface area contributed by atoms with Gasteiger partial charge in [0.15, 0.2) is 0 Å². The van der Waals surface area contributed by atoms with E-state index in [9.17, 15) is 8.42 Å². The lowest BCUT2D eigenvalue weighted by Crippen LogP contribution is -2.38. The minimum atomic E-state index is -3.29. The van der Waals surface area contributed by atoms with Gasteiger partial charge in [0.2, 0.25) is 10.0 Å². The summed E-state index contributed by atoms with van der Waals surface area (Å²) in [5, 5.41) is 0. The molecule has 1 aliphatic heterocycles. The predicted molar refractivity (Wildman–Crippen MR) is 80.6 cm³/mol. The first-order valence-corrected chi connectivity index (χ1v) is 8.61. The molecule has 1 atom stereocenters. The molecular formula is C14H23N3O2S. The Balaban J connectivity index is 1.93. The zero-order valence-electron chi connectivity index (χ0n) is 11.9. The summed E-state index contributed by atoms with van der Waals surface area (Å²) in [5.74, 6) is 0.0112. The standard InChI is InChI=1S/C14H23N3O2S/c1-17-7-3-6-14(17)10-16-20(18,19)11-13-5-2-4-12(8-13)9-15/h2,4-5,8,14,16H,3,6-7,9-11,15H2,1H3. The monoisotopic (exact) mass is 297 g/mol. The molecule has 112 valence electrons. The van der Waals surface area contributed by atoms with Gasteiger partial charge in [-0.25, -0.2) is 13.1 Å². The molecule has 1 aromatic carbocycles. The molecule has 0 aromatic heterocycles. The maximum Gasteiger partial charge on any atom is 0.215 e. The van der Waals surface area contributed by atoms with Gasteiger partial charge in [-0.1, -0.05) is 24.3 Å². The van der Waals surface area contributed by atoms with Gasteiger partial charge in [-0.3, -0.25) is 0 Å². The molecular weight excluding hydrogens is 274 g/mol. The number of nitrogens with two attached hydrogens (primary N) is 1. The van der Waals surface area contributed by atoms with Crippen LogP contribution in [-0.4, -0.2) is 39.5 Å². The highest BCUT2D eigenvalue weighted by molar-refractivity contribution is 7.88. The summed E-state index contributed by atoms with van der Waals surface area (Å²) in [7, 11) is -1.25. The van der Waals surface area contributed by atoms with Gasteiger partial charge in [0, 0.05) is 19.1 Å². The molecule has 5 nitrogen and oxygen atoms in total. The first-order chi connectivity index (χ1) is 9.50. The summed E-state index contributed by atoms with van der Waals surface area (Å²) in [4.78, 5) is 2.21. The molecule has 3 N–H and O–H groups in total. The van der Waals surface area contributed by atoms with E-state index in [2.05, 4.69) is 9.62 Å². The average Bonchev–Trinajstić information content (AvgIpc) is 2.82. The molecule has 0 spiro atoms. The van der Waals surface area contributed by atoms with Crippen LogP contribution in [0.3, 0.4) is 0 Å². The number of nitrogens with one attached hydrogen (secondary N) is 1. The molecule has 1 saturated heterocycles.